The average molecular weight is 239 g/mol. The minimum atomic E-state index is -1.34. The Bertz CT molecular complexity index is 389. The van der Waals surface area contributed by atoms with Gasteiger partial charge in [-0.15, -0.1) is 0 Å². The Morgan fingerprint density at radius 3 is 2.71 bits per heavy atom. The van der Waals surface area contributed by atoms with E-state index in [9.17, 15) is 4.39 Å². The van der Waals surface area contributed by atoms with Gasteiger partial charge in [0.05, 0.1) is 14.2 Å². The molecule has 1 N–H and O–H groups in total. The van der Waals surface area contributed by atoms with E-state index in [1.807, 2.05) is 0 Å². The maximum Gasteiger partial charge on any atom is 0.151 e. The number of rotatable bonds is 3. The molecule has 0 saturated carbocycles. The van der Waals surface area contributed by atoms with Gasteiger partial charge in [0.2, 0.25) is 0 Å². The van der Waals surface area contributed by atoms with Gasteiger partial charge in [0.15, 0.2) is 5.67 Å². The van der Waals surface area contributed by atoms with Gasteiger partial charge in [-0.1, -0.05) is 0 Å². The molecule has 1 saturated heterocycles. The van der Waals surface area contributed by atoms with Crippen molar-refractivity contribution in [3.05, 3.63) is 23.8 Å². The summed E-state index contributed by atoms with van der Waals surface area (Å²) in [5.74, 6) is 1.23. The van der Waals surface area contributed by atoms with Crippen LogP contribution in [0.25, 0.3) is 0 Å². The van der Waals surface area contributed by atoms with E-state index in [2.05, 4.69) is 5.32 Å². The number of methoxy groups -OCH3 is 2. The molecule has 94 valence electrons. The zero-order valence-corrected chi connectivity index (χ0v) is 10.3. The molecule has 1 heterocycles. The fourth-order valence-electron chi connectivity index (χ4n) is 2.27. The van der Waals surface area contributed by atoms with Gasteiger partial charge in [-0.05, 0) is 31.5 Å². The Morgan fingerprint density at radius 2 is 2.12 bits per heavy atom. The van der Waals surface area contributed by atoms with E-state index in [4.69, 9.17) is 9.47 Å². The van der Waals surface area contributed by atoms with E-state index >= 15 is 0 Å². The number of ether oxygens (including phenoxy) is 2. The summed E-state index contributed by atoms with van der Waals surface area (Å²) in [7, 11) is 3.14. The summed E-state index contributed by atoms with van der Waals surface area (Å²) in [6.45, 7) is 1.22. The van der Waals surface area contributed by atoms with Crippen molar-refractivity contribution in [2.24, 2.45) is 0 Å². The van der Waals surface area contributed by atoms with Gasteiger partial charge >= 0.3 is 0 Å². The minimum absolute atomic E-state index is 0.343. The fraction of sp³-hybridized carbons (Fsp3) is 0.538. The summed E-state index contributed by atoms with van der Waals surface area (Å²) in [5.41, 5.74) is -0.733. The van der Waals surface area contributed by atoms with E-state index in [0.717, 1.165) is 13.0 Å². The molecule has 4 heteroatoms. The topological polar surface area (TPSA) is 30.5 Å². The standard InChI is InChI=1S/C13H18FNO2/c1-16-10-4-5-11(12(8-10)17-2)13(14)6-3-7-15-9-13/h4-5,8,15H,3,6-7,9H2,1-2H3. The van der Waals surface area contributed by atoms with Crippen molar-refractivity contribution >= 4 is 0 Å². The smallest absolute Gasteiger partial charge is 0.151 e. The molecule has 3 nitrogen and oxygen atoms in total. The Morgan fingerprint density at radius 1 is 1.29 bits per heavy atom. The van der Waals surface area contributed by atoms with Crippen LogP contribution in [-0.2, 0) is 5.67 Å². The predicted octanol–water partition coefficient (Wildman–Crippen LogP) is 2.25. The molecule has 0 radical (unpaired) electrons. The molecule has 1 aliphatic heterocycles. The lowest BCUT2D eigenvalue weighted by molar-refractivity contribution is 0.118. The van der Waals surface area contributed by atoms with Gasteiger partial charge < -0.3 is 14.8 Å². The molecular weight excluding hydrogens is 221 g/mol. The van der Waals surface area contributed by atoms with Gasteiger partial charge in [0.1, 0.15) is 11.5 Å². The molecule has 1 aliphatic rings. The number of piperidine rings is 1. The van der Waals surface area contributed by atoms with Crippen LogP contribution < -0.4 is 14.8 Å². The van der Waals surface area contributed by atoms with Crippen LogP contribution in [-0.4, -0.2) is 27.3 Å². The fourth-order valence-corrected chi connectivity index (χ4v) is 2.27. The van der Waals surface area contributed by atoms with Crippen LogP contribution in [0.4, 0.5) is 4.39 Å². The van der Waals surface area contributed by atoms with Crippen molar-refractivity contribution in [1.29, 1.82) is 0 Å². The van der Waals surface area contributed by atoms with Crippen molar-refractivity contribution in [3.8, 4) is 11.5 Å². The third-order valence-corrected chi connectivity index (χ3v) is 3.22. The molecule has 0 spiro atoms. The monoisotopic (exact) mass is 239 g/mol. The van der Waals surface area contributed by atoms with Crippen molar-refractivity contribution in [3.63, 3.8) is 0 Å². The van der Waals surface area contributed by atoms with Crippen molar-refractivity contribution in [1.82, 2.24) is 5.32 Å². The van der Waals surface area contributed by atoms with Gasteiger partial charge in [0.25, 0.3) is 0 Å². The van der Waals surface area contributed by atoms with E-state index in [0.29, 0.717) is 30.0 Å². The van der Waals surface area contributed by atoms with E-state index in [1.165, 1.54) is 0 Å². The SMILES string of the molecule is COc1ccc(C2(F)CCCNC2)c(OC)c1. The van der Waals surface area contributed by atoms with Crippen LogP contribution in [0, 0.1) is 0 Å². The largest absolute Gasteiger partial charge is 0.497 e. The van der Waals surface area contributed by atoms with Gasteiger partial charge in [-0.3, -0.25) is 0 Å². The lowest BCUT2D eigenvalue weighted by Gasteiger charge is -2.31. The van der Waals surface area contributed by atoms with Crippen LogP contribution in [0.1, 0.15) is 18.4 Å². The molecule has 1 unspecified atom stereocenters. The molecule has 1 aromatic carbocycles. The number of hydrogen-bond donors (Lipinski definition) is 1. The zero-order valence-electron chi connectivity index (χ0n) is 10.3. The molecule has 0 aromatic heterocycles. The second-order valence-corrected chi connectivity index (χ2v) is 4.31. The second-order valence-electron chi connectivity index (χ2n) is 4.31. The van der Waals surface area contributed by atoms with E-state index in [-0.39, 0.29) is 0 Å². The highest BCUT2D eigenvalue weighted by molar-refractivity contribution is 5.44. The maximum absolute atomic E-state index is 14.8. The molecule has 0 amide bonds. The maximum atomic E-state index is 14.8. The number of benzene rings is 1. The highest BCUT2D eigenvalue weighted by Gasteiger charge is 2.36. The van der Waals surface area contributed by atoms with Gasteiger partial charge in [-0.2, -0.15) is 0 Å². The predicted molar refractivity (Wildman–Crippen MR) is 64.4 cm³/mol. The third kappa shape index (κ3) is 2.36. The first-order chi connectivity index (χ1) is 8.19. The molecule has 1 fully saturated rings. The van der Waals surface area contributed by atoms with Crippen LogP contribution in [0.15, 0.2) is 18.2 Å². The number of halogens is 1. The number of nitrogens with one attached hydrogen (secondary N) is 1. The molecule has 0 bridgehead atoms. The normalized spacial score (nSPS) is 24.4. The molecule has 1 atom stereocenters. The Balaban J connectivity index is 2.36. The third-order valence-electron chi connectivity index (χ3n) is 3.22. The van der Waals surface area contributed by atoms with Crippen molar-refractivity contribution in [2.75, 3.05) is 27.3 Å². The van der Waals surface area contributed by atoms with Crippen LogP contribution in [0.3, 0.4) is 0 Å². The summed E-state index contributed by atoms with van der Waals surface area (Å²) in [6.07, 6.45) is 1.37. The molecule has 17 heavy (non-hydrogen) atoms. The first kappa shape index (κ1) is 12.2. The van der Waals surface area contributed by atoms with E-state index in [1.54, 1.807) is 32.4 Å². The van der Waals surface area contributed by atoms with Crippen molar-refractivity contribution in [2.45, 2.75) is 18.5 Å². The van der Waals surface area contributed by atoms with E-state index < -0.39 is 5.67 Å². The quantitative estimate of drug-likeness (QED) is 0.877. The summed E-state index contributed by atoms with van der Waals surface area (Å²) in [4.78, 5) is 0. The summed E-state index contributed by atoms with van der Waals surface area (Å²) >= 11 is 0. The Kier molecular flexibility index (Phi) is 3.52. The number of hydrogen-bond acceptors (Lipinski definition) is 3. The molecule has 1 aromatic rings. The van der Waals surface area contributed by atoms with Crippen LogP contribution >= 0.6 is 0 Å². The highest BCUT2D eigenvalue weighted by atomic mass is 19.1. The molecule has 2 rings (SSSR count). The zero-order chi connectivity index (χ0) is 12.3. The summed E-state index contributed by atoms with van der Waals surface area (Å²) < 4.78 is 25.2. The number of alkyl halides is 1. The first-order valence-electron chi connectivity index (χ1n) is 5.82. The minimum Gasteiger partial charge on any atom is -0.497 e. The first-order valence-corrected chi connectivity index (χ1v) is 5.82. The summed E-state index contributed by atoms with van der Waals surface area (Å²) in [5, 5.41) is 3.09. The lowest BCUT2D eigenvalue weighted by Crippen LogP contribution is -2.40. The summed E-state index contributed by atoms with van der Waals surface area (Å²) in [6, 6.07) is 5.25. The van der Waals surface area contributed by atoms with Crippen LogP contribution in [0.2, 0.25) is 0 Å². The van der Waals surface area contributed by atoms with Gasteiger partial charge in [-0.25, -0.2) is 4.39 Å². The van der Waals surface area contributed by atoms with Gasteiger partial charge in [0, 0.05) is 18.2 Å². The van der Waals surface area contributed by atoms with Crippen LogP contribution in [0.5, 0.6) is 11.5 Å². The Hall–Kier alpha value is -1.29. The van der Waals surface area contributed by atoms with Crippen molar-refractivity contribution < 1.29 is 13.9 Å². The molecular formula is C13H18FNO2. The molecule has 0 aliphatic carbocycles. The average Bonchev–Trinajstić information content (AvgIpc) is 2.38. The highest BCUT2D eigenvalue weighted by Crippen LogP contribution is 2.39. The second kappa shape index (κ2) is 4.92. The Labute approximate surface area is 101 Å². The lowest BCUT2D eigenvalue weighted by atomic mass is 9.87.